The second-order valence-corrected chi connectivity index (χ2v) is 8.07. The molecule has 2 nitrogen and oxygen atoms in total. The van der Waals surface area contributed by atoms with Gasteiger partial charge in [-0.15, -0.1) is 22.7 Å². The topological polar surface area (TPSA) is 20.3 Å². The van der Waals surface area contributed by atoms with Crippen LogP contribution in [0.3, 0.4) is 0 Å². The van der Waals surface area contributed by atoms with Crippen LogP contribution in [0.25, 0.3) is 0 Å². The van der Waals surface area contributed by atoms with Crippen molar-refractivity contribution in [3.8, 4) is 0 Å². The first-order valence-corrected chi connectivity index (χ1v) is 8.56. The zero-order valence-electron chi connectivity index (χ0n) is 10.9. The van der Waals surface area contributed by atoms with E-state index >= 15 is 0 Å². The van der Waals surface area contributed by atoms with Crippen molar-refractivity contribution in [2.45, 2.75) is 19.4 Å². The van der Waals surface area contributed by atoms with Gasteiger partial charge in [-0.2, -0.15) is 0 Å². The summed E-state index contributed by atoms with van der Waals surface area (Å²) in [6.07, 6.45) is 0.996. The lowest BCUT2D eigenvalue weighted by Crippen LogP contribution is -2.35. The molecule has 0 bridgehead atoms. The van der Waals surface area contributed by atoms with E-state index in [0.717, 1.165) is 15.1 Å². The molecule has 0 amide bonds. The van der Waals surface area contributed by atoms with Gasteiger partial charge in [-0.25, -0.2) is 0 Å². The van der Waals surface area contributed by atoms with Crippen LogP contribution in [0.2, 0.25) is 0 Å². The molecular weight excluding hydrogens is 342 g/mol. The predicted octanol–water partition coefficient (Wildman–Crippen LogP) is 4.32. The van der Waals surface area contributed by atoms with Gasteiger partial charge in [0, 0.05) is 10.9 Å². The molecule has 2 rings (SSSR count). The Balaban J connectivity index is 1.89. The fourth-order valence-electron chi connectivity index (χ4n) is 1.80. The zero-order valence-corrected chi connectivity index (χ0v) is 14.1. The molecule has 1 unspecified atom stereocenters. The summed E-state index contributed by atoms with van der Waals surface area (Å²) in [6.45, 7) is 2.64. The predicted molar refractivity (Wildman–Crippen MR) is 86.5 cm³/mol. The molecule has 102 valence electrons. The largest absolute Gasteiger partial charge is 0.296 e. The van der Waals surface area contributed by atoms with Crippen molar-refractivity contribution < 1.29 is 4.79 Å². The summed E-state index contributed by atoms with van der Waals surface area (Å²) in [6, 6.07) is 8.39. The number of thiophene rings is 2. The van der Waals surface area contributed by atoms with Crippen molar-refractivity contribution in [2.75, 3.05) is 13.6 Å². The highest BCUT2D eigenvalue weighted by atomic mass is 79.9. The van der Waals surface area contributed by atoms with Gasteiger partial charge in [0.25, 0.3) is 0 Å². The second kappa shape index (κ2) is 6.79. The number of nitrogens with zero attached hydrogens (tertiary/aromatic N) is 1. The minimum Gasteiger partial charge on any atom is -0.296 e. The molecule has 1 atom stereocenters. The number of hydrogen-bond acceptors (Lipinski definition) is 4. The van der Waals surface area contributed by atoms with Crippen LogP contribution < -0.4 is 0 Å². The molecule has 0 aromatic carbocycles. The number of ketones is 1. The van der Waals surface area contributed by atoms with Gasteiger partial charge in [0.05, 0.1) is 15.2 Å². The Kier molecular flexibility index (Phi) is 5.33. The molecule has 0 aliphatic heterocycles. The average molecular weight is 358 g/mol. The van der Waals surface area contributed by atoms with Crippen LogP contribution >= 0.6 is 38.6 Å². The third-order valence-electron chi connectivity index (χ3n) is 3.07. The average Bonchev–Trinajstić information content (AvgIpc) is 3.00. The van der Waals surface area contributed by atoms with Crippen molar-refractivity contribution in [1.82, 2.24) is 4.90 Å². The van der Waals surface area contributed by atoms with Crippen molar-refractivity contribution in [3.63, 3.8) is 0 Å². The van der Waals surface area contributed by atoms with Crippen molar-refractivity contribution in [2.24, 2.45) is 0 Å². The lowest BCUT2D eigenvalue weighted by molar-refractivity contribution is 0.0929. The quantitative estimate of drug-likeness (QED) is 0.717. The molecule has 2 heterocycles. The first-order valence-electron chi connectivity index (χ1n) is 6.07. The van der Waals surface area contributed by atoms with Gasteiger partial charge in [0.1, 0.15) is 0 Å². The molecule has 0 fully saturated rings. The normalized spacial score (nSPS) is 12.8. The van der Waals surface area contributed by atoms with Crippen LogP contribution in [0.5, 0.6) is 0 Å². The maximum Gasteiger partial charge on any atom is 0.186 e. The number of Topliss-reactive ketones (excluding diaryl/α,β-unsaturated/α-hetero) is 1. The van der Waals surface area contributed by atoms with E-state index in [1.165, 1.54) is 16.2 Å². The fraction of sp³-hybridized carbons (Fsp3) is 0.357. The van der Waals surface area contributed by atoms with Gasteiger partial charge < -0.3 is 0 Å². The van der Waals surface area contributed by atoms with E-state index < -0.39 is 0 Å². The van der Waals surface area contributed by atoms with Gasteiger partial charge in [-0.3, -0.25) is 9.69 Å². The minimum atomic E-state index is 0.191. The van der Waals surface area contributed by atoms with Crippen LogP contribution in [0.15, 0.2) is 33.4 Å². The molecule has 0 saturated heterocycles. The number of hydrogen-bond donors (Lipinski definition) is 0. The van der Waals surface area contributed by atoms with Crippen LogP contribution in [-0.4, -0.2) is 30.3 Å². The van der Waals surface area contributed by atoms with E-state index in [-0.39, 0.29) is 5.78 Å². The molecule has 0 saturated carbocycles. The van der Waals surface area contributed by atoms with E-state index in [4.69, 9.17) is 0 Å². The maximum absolute atomic E-state index is 12.1. The van der Waals surface area contributed by atoms with Gasteiger partial charge >= 0.3 is 0 Å². The first-order chi connectivity index (χ1) is 9.06. The Labute approximate surface area is 130 Å². The minimum absolute atomic E-state index is 0.191. The summed E-state index contributed by atoms with van der Waals surface area (Å²) in [5.74, 6) is 0.191. The van der Waals surface area contributed by atoms with E-state index in [1.54, 1.807) is 11.3 Å². The number of halogens is 1. The SMILES string of the molecule is CC(Cc1cccs1)N(C)CC(=O)c1ccc(Br)s1. The van der Waals surface area contributed by atoms with Crippen LogP contribution in [-0.2, 0) is 6.42 Å². The van der Waals surface area contributed by atoms with Crippen molar-refractivity contribution >= 4 is 44.4 Å². The molecule has 19 heavy (non-hydrogen) atoms. The summed E-state index contributed by atoms with van der Waals surface area (Å²) in [5, 5.41) is 2.09. The summed E-state index contributed by atoms with van der Waals surface area (Å²) in [4.78, 5) is 16.4. The standard InChI is InChI=1S/C14H16BrNOS2/c1-10(8-11-4-3-7-18-11)16(2)9-12(17)13-5-6-14(15)19-13/h3-7,10H,8-9H2,1-2H3. The number of carbonyl (C=O) groups excluding carboxylic acids is 1. The smallest absolute Gasteiger partial charge is 0.186 e. The van der Waals surface area contributed by atoms with Crippen LogP contribution in [0.1, 0.15) is 21.5 Å². The number of likely N-dealkylation sites (N-methyl/N-ethyl adjacent to an activating group) is 1. The Morgan fingerprint density at radius 3 is 2.79 bits per heavy atom. The van der Waals surface area contributed by atoms with E-state index in [9.17, 15) is 4.79 Å². The van der Waals surface area contributed by atoms with Crippen molar-refractivity contribution in [1.29, 1.82) is 0 Å². The number of carbonyl (C=O) groups is 1. The Bertz CT molecular complexity index is 535. The lowest BCUT2D eigenvalue weighted by Gasteiger charge is -2.23. The Morgan fingerprint density at radius 1 is 1.42 bits per heavy atom. The number of rotatable bonds is 6. The summed E-state index contributed by atoms with van der Waals surface area (Å²) in [5.41, 5.74) is 0. The van der Waals surface area contributed by atoms with E-state index in [1.807, 2.05) is 19.2 Å². The maximum atomic E-state index is 12.1. The fourth-order valence-corrected chi connectivity index (χ4v) is 3.94. The molecule has 0 aliphatic carbocycles. The van der Waals surface area contributed by atoms with Gasteiger partial charge in [-0.05, 0) is 59.9 Å². The molecule has 0 spiro atoms. The summed E-state index contributed by atoms with van der Waals surface area (Å²) >= 11 is 6.66. The van der Waals surface area contributed by atoms with E-state index in [2.05, 4.69) is 45.3 Å². The molecule has 5 heteroatoms. The zero-order chi connectivity index (χ0) is 13.8. The molecule has 0 radical (unpaired) electrons. The Hall–Kier alpha value is -0.490. The third-order valence-corrected chi connectivity index (χ3v) is 5.63. The Morgan fingerprint density at radius 2 is 2.21 bits per heavy atom. The van der Waals surface area contributed by atoms with Gasteiger partial charge in [-0.1, -0.05) is 6.07 Å². The van der Waals surface area contributed by atoms with Gasteiger partial charge in [0.2, 0.25) is 0 Å². The monoisotopic (exact) mass is 357 g/mol. The van der Waals surface area contributed by atoms with Crippen LogP contribution in [0, 0.1) is 0 Å². The molecule has 2 aromatic rings. The van der Waals surface area contributed by atoms with Gasteiger partial charge in [0.15, 0.2) is 5.78 Å². The highest BCUT2D eigenvalue weighted by molar-refractivity contribution is 9.11. The van der Waals surface area contributed by atoms with Crippen molar-refractivity contribution in [3.05, 3.63) is 43.2 Å². The molecule has 2 aromatic heterocycles. The molecule has 0 aliphatic rings. The summed E-state index contributed by atoms with van der Waals surface area (Å²) in [7, 11) is 2.01. The van der Waals surface area contributed by atoms with Crippen LogP contribution in [0.4, 0.5) is 0 Å². The summed E-state index contributed by atoms with van der Waals surface area (Å²) < 4.78 is 1.00. The molecular formula is C14H16BrNOS2. The van der Waals surface area contributed by atoms with E-state index in [0.29, 0.717) is 12.6 Å². The highest BCUT2D eigenvalue weighted by Crippen LogP contribution is 2.23. The first kappa shape index (κ1) is 14.9. The molecule has 0 N–H and O–H groups in total. The second-order valence-electron chi connectivity index (χ2n) is 4.57. The lowest BCUT2D eigenvalue weighted by atomic mass is 10.1. The third kappa shape index (κ3) is 4.24. The highest BCUT2D eigenvalue weighted by Gasteiger charge is 2.16.